The lowest BCUT2D eigenvalue weighted by atomic mass is 10.1. The lowest BCUT2D eigenvalue weighted by Gasteiger charge is -2.26. The van der Waals surface area contributed by atoms with Crippen molar-refractivity contribution < 1.29 is 14.3 Å². The van der Waals surface area contributed by atoms with Gasteiger partial charge in [-0.3, -0.25) is 9.59 Å². The van der Waals surface area contributed by atoms with Crippen LogP contribution in [0, 0.1) is 0 Å². The largest absolute Gasteiger partial charge is 0.496 e. The number of benzene rings is 2. The van der Waals surface area contributed by atoms with Crippen LogP contribution in [0.1, 0.15) is 45.5 Å². The second-order valence-electron chi connectivity index (χ2n) is 6.75. The number of methoxy groups -OCH3 is 1. The highest BCUT2D eigenvalue weighted by molar-refractivity contribution is 5.97. The SMILES string of the molecule is COc1ccccc1CCNC(=O)c1ccc(C(=O)N2CCCCC2)cc1. The van der Waals surface area contributed by atoms with Gasteiger partial charge >= 0.3 is 0 Å². The van der Waals surface area contributed by atoms with Crippen LogP contribution in [0.25, 0.3) is 0 Å². The third-order valence-electron chi connectivity index (χ3n) is 4.91. The number of amides is 2. The molecule has 0 spiro atoms. The molecule has 0 radical (unpaired) electrons. The van der Waals surface area contributed by atoms with E-state index in [1.165, 1.54) is 6.42 Å². The number of carbonyl (C=O) groups is 2. The number of nitrogens with zero attached hydrogens (tertiary/aromatic N) is 1. The fourth-order valence-corrected chi connectivity index (χ4v) is 3.37. The minimum Gasteiger partial charge on any atom is -0.496 e. The van der Waals surface area contributed by atoms with Gasteiger partial charge in [0.25, 0.3) is 11.8 Å². The zero-order chi connectivity index (χ0) is 19.1. The molecule has 1 aliphatic rings. The highest BCUT2D eigenvalue weighted by Crippen LogP contribution is 2.17. The van der Waals surface area contributed by atoms with Crippen LogP contribution in [0.3, 0.4) is 0 Å². The van der Waals surface area contributed by atoms with E-state index in [1.54, 1.807) is 31.4 Å². The maximum Gasteiger partial charge on any atom is 0.253 e. The summed E-state index contributed by atoms with van der Waals surface area (Å²) in [6, 6.07) is 14.7. The molecular weight excluding hydrogens is 340 g/mol. The molecule has 1 heterocycles. The molecule has 5 nitrogen and oxygen atoms in total. The Balaban J connectivity index is 1.53. The molecule has 1 aliphatic heterocycles. The molecule has 0 saturated carbocycles. The molecule has 0 atom stereocenters. The average molecular weight is 366 g/mol. The third-order valence-corrected chi connectivity index (χ3v) is 4.91. The van der Waals surface area contributed by atoms with Gasteiger partial charge < -0.3 is 15.0 Å². The number of carbonyl (C=O) groups excluding carboxylic acids is 2. The molecule has 1 saturated heterocycles. The van der Waals surface area contributed by atoms with E-state index in [9.17, 15) is 9.59 Å². The molecule has 0 aromatic heterocycles. The van der Waals surface area contributed by atoms with Crippen LogP contribution in [-0.4, -0.2) is 43.5 Å². The molecule has 5 heteroatoms. The average Bonchev–Trinajstić information content (AvgIpc) is 2.74. The van der Waals surface area contributed by atoms with Crippen molar-refractivity contribution in [2.24, 2.45) is 0 Å². The normalized spacial score (nSPS) is 13.9. The van der Waals surface area contributed by atoms with Gasteiger partial charge in [-0.2, -0.15) is 0 Å². The fraction of sp³-hybridized carbons (Fsp3) is 0.364. The van der Waals surface area contributed by atoms with Crippen molar-refractivity contribution in [1.29, 1.82) is 0 Å². The van der Waals surface area contributed by atoms with Crippen molar-refractivity contribution in [2.75, 3.05) is 26.7 Å². The maximum absolute atomic E-state index is 12.5. The van der Waals surface area contributed by atoms with E-state index in [4.69, 9.17) is 4.74 Å². The predicted octanol–water partition coefficient (Wildman–Crippen LogP) is 3.29. The quantitative estimate of drug-likeness (QED) is 0.853. The Morgan fingerprint density at radius 3 is 2.33 bits per heavy atom. The molecule has 1 N–H and O–H groups in total. The first-order chi connectivity index (χ1) is 13.2. The number of hydrogen-bond donors (Lipinski definition) is 1. The van der Waals surface area contributed by atoms with Gasteiger partial charge in [0.2, 0.25) is 0 Å². The Labute approximate surface area is 160 Å². The molecule has 2 aromatic carbocycles. The van der Waals surface area contributed by atoms with Crippen molar-refractivity contribution >= 4 is 11.8 Å². The van der Waals surface area contributed by atoms with E-state index in [0.29, 0.717) is 24.1 Å². The van der Waals surface area contributed by atoms with E-state index < -0.39 is 0 Å². The fourth-order valence-electron chi connectivity index (χ4n) is 3.37. The van der Waals surface area contributed by atoms with E-state index in [2.05, 4.69) is 5.32 Å². The summed E-state index contributed by atoms with van der Waals surface area (Å²) in [5, 5.41) is 2.92. The Kier molecular flexibility index (Phi) is 6.47. The predicted molar refractivity (Wildman–Crippen MR) is 105 cm³/mol. The lowest BCUT2D eigenvalue weighted by molar-refractivity contribution is 0.0723. The van der Waals surface area contributed by atoms with Crippen LogP contribution in [0.2, 0.25) is 0 Å². The zero-order valence-corrected chi connectivity index (χ0v) is 15.7. The maximum atomic E-state index is 12.5. The van der Waals surface area contributed by atoms with Crippen LogP contribution in [0.4, 0.5) is 0 Å². The Hall–Kier alpha value is -2.82. The second-order valence-corrected chi connectivity index (χ2v) is 6.75. The molecule has 2 amide bonds. The monoisotopic (exact) mass is 366 g/mol. The van der Waals surface area contributed by atoms with Crippen molar-refractivity contribution in [2.45, 2.75) is 25.7 Å². The van der Waals surface area contributed by atoms with E-state index in [1.807, 2.05) is 29.2 Å². The first kappa shape index (κ1) is 19.0. The highest BCUT2D eigenvalue weighted by atomic mass is 16.5. The van der Waals surface area contributed by atoms with Crippen molar-refractivity contribution in [3.8, 4) is 5.75 Å². The van der Waals surface area contributed by atoms with Crippen molar-refractivity contribution in [3.63, 3.8) is 0 Å². The van der Waals surface area contributed by atoms with Gasteiger partial charge in [-0.25, -0.2) is 0 Å². The first-order valence-corrected chi connectivity index (χ1v) is 9.48. The van der Waals surface area contributed by atoms with Gasteiger partial charge in [0, 0.05) is 30.8 Å². The number of ether oxygens (including phenoxy) is 1. The van der Waals surface area contributed by atoms with Crippen molar-refractivity contribution in [3.05, 3.63) is 65.2 Å². The Morgan fingerprint density at radius 1 is 0.963 bits per heavy atom. The summed E-state index contributed by atoms with van der Waals surface area (Å²) in [5.41, 5.74) is 2.26. The molecule has 0 bridgehead atoms. The number of piperidine rings is 1. The van der Waals surface area contributed by atoms with E-state index >= 15 is 0 Å². The number of rotatable bonds is 6. The minimum absolute atomic E-state index is 0.0535. The standard InChI is InChI=1S/C22H26N2O3/c1-27-20-8-4-3-7-17(20)13-14-23-21(25)18-9-11-19(12-10-18)22(26)24-15-5-2-6-16-24/h3-4,7-12H,2,5-6,13-16H2,1H3,(H,23,25). The van der Waals surface area contributed by atoms with Crippen molar-refractivity contribution in [1.82, 2.24) is 10.2 Å². The molecule has 1 fully saturated rings. The van der Waals surface area contributed by atoms with Crippen LogP contribution in [-0.2, 0) is 6.42 Å². The summed E-state index contributed by atoms with van der Waals surface area (Å²) in [7, 11) is 1.64. The second kappa shape index (κ2) is 9.21. The molecule has 0 unspecified atom stereocenters. The van der Waals surface area contributed by atoms with Gasteiger partial charge in [0.15, 0.2) is 0 Å². The number of likely N-dealkylation sites (tertiary alicyclic amines) is 1. The zero-order valence-electron chi connectivity index (χ0n) is 15.7. The third kappa shape index (κ3) is 4.88. The summed E-state index contributed by atoms with van der Waals surface area (Å²) in [6.45, 7) is 2.17. The smallest absolute Gasteiger partial charge is 0.253 e. The molecule has 142 valence electrons. The topological polar surface area (TPSA) is 58.6 Å². The van der Waals surface area contributed by atoms with Crippen LogP contribution >= 0.6 is 0 Å². The minimum atomic E-state index is -0.137. The summed E-state index contributed by atoms with van der Waals surface area (Å²) in [6.07, 6.45) is 4.02. The summed E-state index contributed by atoms with van der Waals surface area (Å²) < 4.78 is 5.32. The highest BCUT2D eigenvalue weighted by Gasteiger charge is 2.18. The summed E-state index contributed by atoms with van der Waals surface area (Å²) in [5.74, 6) is 0.743. The molecule has 0 aliphatic carbocycles. The van der Waals surface area contributed by atoms with Gasteiger partial charge in [0.05, 0.1) is 7.11 Å². The van der Waals surface area contributed by atoms with Gasteiger partial charge in [0.1, 0.15) is 5.75 Å². The molecular formula is C22H26N2O3. The van der Waals surface area contributed by atoms with Crippen LogP contribution in [0.5, 0.6) is 5.75 Å². The Bertz CT molecular complexity index is 780. The van der Waals surface area contributed by atoms with Gasteiger partial charge in [-0.15, -0.1) is 0 Å². The van der Waals surface area contributed by atoms with E-state index in [-0.39, 0.29) is 11.8 Å². The lowest BCUT2D eigenvalue weighted by Crippen LogP contribution is -2.35. The summed E-state index contributed by atoms with van der Waals surface area (Å²) in [4.78, 5) is 26.7. The van der Waals surface area contributed by atoms with Gasteiger partial charge in [-0.05, 0) is 61.6 Å². The number of para-hydroxylation sites is 1. The molecule has 27 heavy (non-hydrogen) atoms. The first-order valence-electron chi connectivity index (χ1n) is 9.48. The van der Waals surface area contributed by atoms with Crippen LogP contribution < -0.4 is 10.1 Å². The van der Waals surface area contributed by atoms with E-state index in [0.717, 1.165) is 37.2 Å². The molecule has 2 aromatic rings. The Morgan fingerprint density at radius 2 is 1.63 bits per heavy atom. The number of hydrogen-bond acceptors (Lipinski definition) is 3. The molecule has 3 rings (SSSR count). The number of nitrogens with one attached hydrogen (secondary N) is 1. The van der Waals surface area contributed by atoms with Gasteiger partial charge in [-0.1, -0.05) is 18.2 Å². The van der Waals surface area contributed by atoms with Crippen LogP contribution in [0.15, 0.2) is 48.5 Å². The summed E-state index contributed by atoms with van der Waals surface area (Å²) >= 11 is 0.